The van der Waals surface area contributed by atoms with E-state index < -0.39 is 5.60 Å². The number of hydrogen-bond donors (Lipinski definition) is 1. The number of hydrogen-bond acceptors (Lipinski definition) is 6. The fourth-order valence-corrected chi connectivity index (χ4v) is 6.08. The van der Waals surface area contributed by atoms with E-state index in [1.807, 2.05) is 11.8 Å². The molecule has 1 N–H and O–H groups in total. The quantitative estimate of drug-likeness (QED) is 0.383. The first-order chi connectivity index (χ1) is 16.0. The Hall–Kier alpha value is -1.35. The van der Waals surface area contributed by atoms with Gasteiger partial charge in [-0.25, -0.2) is 0 Å². The summed E-state index contributed by atoms with van der Waals surface area (Å²) in [4.78, 5) is 29.4. The van der Waals surface area contributed by atoms with Crippen molar-refractivity contribution in [2.24, 2.45) is 11.8 Å². The van der Waals surface area contributed by atoms with Gasteiger partial charge in [-0.1, -0.05) is 39.0 Å². The summed E-state index contributed by atoms with van der Waals surface area (Å²) >= 11 is 1.85. The second kappa shape index (κ2) is 12.9. The molecule has 33 heavy (non-hydrogen) atoms. The maximum atomic E-state index is 13.0. The van der Waals surface area contributed by atoms with Crippen molar-refractivity contribution in [3.8, 4) is 0 Å². The lowest BCUT2D eigenvalue weighted by Gasteiger charge is -2.54. The minimum absolute atomic E-state index is 0.0212. The Bertz CT molecular complexity index is 793. The number of likely N-dealkylation sites (tertiary alicyclic amines) is 1. The molecule has 1 amide bonds. The highest BCUT2D eigenvalue weighted by atomic mass is 32.2. The monoisotopic (exact) mass is 480 g/mol. The molecule has 2 saturated carbocycles. The van der Waals surface area contributed by atoms with Gasteiger partial charge in [-0.05, 0) is 30.4 Å². The molecule has 0 bridgehead atoms. The maximum Gasteiger partial charge on any atom is 0.259 e. The van der Waals surface area contributed by atoms with Gasteiger partial charge in [0.05, 0.1) is 6.04 Å². The van der Waals surface area contributed by atoms with Crippen molar-refractivity contribution < 1.29 is 19.0 Å². The highest BCUT2D eigenvalue weighted by Gasteiger charge is 2.61. The number of β-lactam (4-membered cyclic amide) rings is 1. The van der Waals surface area contributed by atoms with Crippen LogP contribution in [0.4, 0.5) is 0 Å². The molecule has 1 aliphatic heterocycles. The Balaban J connectivity index is 0.000000374. The molecule has 1 aromatic rings. The fraction of sp³-hybridized carbons (Fsp3) is 0.760. The maximum absolute atomic E-state index is 13.0. The number of amides is 1. The van der Waals surface area contributed by atoms with Crippen molar-refractivity contribution in [1.82, 2.24) is 9.88 Å². The van der Waals surface area contributed by atoms with Crippen LogP contribution in [0, 0.1) is 11.8 Å². The van der Waals surface area contributed by atoms with Gasteiger partial charge >= 0.3 is 0 Å². The predicted octanol–water partition coefficient (Wildman–Crippen LogP) is 3.82. The van der Waals surface area contributed by atoms with Crippen LogP contribution in [0.5, 0.6) is 0 Å². The Morgan fingerprint density at radius 2 is 1.85 bits per heavy atom. The highest BCUT2D eigenvalue weighted by Crippen LogP contribution is 2.40. The van der Waals surface area contributed by atoms with Gasteiger partial charge in [-0.15, -0.1) is 0 Å². The van der Waals surface area contributed by atoms with Crippen LogP contribution in [0.3, 0.4) is 0 Å². The number of nitrogens with zero attached hydrogens (tertiary/aromatic N) is 1. The molecule has 0 aromatic carbocycles. The Labute approximate surface area is 201 Å². The molecule has 2 unspecified atom stereocenters. The van der Waals surface area contributed by atoms with E-state index in [1.165, 1.54) is 64.2 Å². The number of H-pyrrole nitrogens is 1. The van der Waals surface area contributed by atoms with Crippen molar-refractivity contribution >= 4 is 17.7 Å². The molecular formula is C25H40N2O5S. The number of thioether (sulfide) groups is 1. The number of aromatic amines is 1. The van der Waals surface area contributed by atoms with Gasteiger partial charge in [0.15, 0.2) is 11.0 Å². The SMILES string of the molecule is CC1CCCCC1.COCOC1(Cc2cc(=O)cc[nH]2)C(=O)N(COC)C1CSCC1CC1. The van der Waals surface area contributed by atoms with E-state index in [-0.39, 0.29) is 30.9 Å². The van der Waals surface area contributed by atoms with Crippen molar-refractivity contribution in [1.29, 1.82) is 0 Å². The smallest absolute Gasteiger partial charge is 0.259 e. The van der Waals surface area contributed by atoms with Gasteiger partial charge in [0.25, 0.3) is 5.91 Å². The number of carbonyl (C=O) groups excluding carboxylic acids is 1. The summed E-state index contributed by atoms with van der Waals surface area (Å²) in [5.74, 6) is 3.60. The predicted molar refractivity (Wildman–Crippen MR) is 131 cm³/mol. The first kappa shape index (κ1) is 26.3. The molecule has 2 atom stereocenters. The van der Waals surface area contributed by atoms with E-state index in [1.54, 1.807) is 18.2 Å². The molecule has 3 aliphatic rings. The molecule has 2 heterocycles. The minimum atomic E-state index is -1.03. The molecule has 186 valence electrons. The average molecular weight is 481 g/mol. The first-order valence-corrected chi connectivity index (χ1v) is 13.3. The normalized spacial score (nSPS) is 25.4. The van der Waals surface area contributed by atoms with Crippen LogP contribution in [-0.2, 0) is 25.4 Å². The standard InChI is InChI=1S/C18H26N2O5S.C7H14/c1-23-11-20-16(10-26-9-13-3-4-13)18(17(20)22,25-12-24-2)8-14-7-15(21)5-6-19-14;1-7-5-3-2-4-6-7/h5-7,13,16H,3-4,8-12H2,1-2H3,(H,19,21);7H,2-6H2,1H3. The topological polar surface area (TPSA) is 80.9 Å². The van der Waals surface area contributed by atoms with Gasteiger partial charge in [0.2, 0.25) is 0 Å². The van der Waals surface area contributed by atoms with Crippen molar-refractivity contribution in [2.75, 3.05) is 39.2 Å². The number of methoxy groups -OCH3 is 2. The van der Waals surface area contributed by atoms with Crippen LogP contribution in [0.15, 0.2) is 23.1 Å². The van der Waals surface area contributed by atoms with Gasteiger partial charge in [-0.3, -0.25) is 9.59 Å². The van der Waals surface area contributed by atoms with Crippen LogP contribution in [0.25, 0.3) is 0 Å². The summed E-state index contributed by atoms with van der Waals surface area (Å²) < 4.78 is 16.2. The number of carbonyl (C=O) groups is 1. The third-order valence-corrected chi connectivity index (χ3v) is 8.00. The molecule has 2 aliphatic carbocycles. The lowest BCUT2D eigenvalue weighted by Crippen LogP contribution is -2.77. The highest BCUT2D eigenvalue weighted by molar-refractivity contribution is 7.99. The first-order valence-electron chi connectivity index (χ1n) is 12.2. The van der Waals surface area contributed by atoms with Crippen molar-refractivity contribution in [3.63, 3.8) is 0 Å². The number of nitrogens with one attached hydrogen (secondary N) is 1. The summed E-state index contributed by atoms with van der Waals surface area (Å²) in [5, 5.41) is 0. The summed E-state index contributed by atoms with van der Waals surface area (Å²) in [6, 6.07) is 2.84. The molecule has 4 rings (SSSR count). The molecule has 1 saturated heterocycles. The van der Waals surface area contributed by atoms with Gasteiger partial charge in [0.1, 0.15) is 13.5 Å². The third kappa shape index (κ3) is 7.31. The number of aromatic nitrogens is 1. The molecule has 3 fully saturated rings. The second-order valence-electron chi connectivity index (χ2n) is 9.60. The largest absolute Gasteiger partial charge is 0.365 e. The average Bonchev–Trinajstić information content (AvgIpc) is 3.64. The van der Waals surface area contributed by atoms with E-state index in [9.17, 15) is 9.59 Å². The Kier molecular flexibility index (Phi) is 10.3. The number of ether oxygens (including phenoxy) is 3. The zero-order chi connectivity index (χ0) is 23.7. The van der Waals surface area contributed by atoms with Crippen LogP contribution in [0.2, 0.25) is 0 Å². The molecule has 1 aromatic heterocycles. The van der Waals surface area contributed by atoms with Gasteiger partial charge < -0.3 is 24.1 Å². The Morgan fingerprint density at radius 3 is 2.42 bits per heavy atom. The summed E-state index contributed by atoms with van der Waals surface area (Å²) in [5.41, 5.74) is -0.452. The fourth-order valence-electron chi connectivity index (χ4n) is 4.61. The minimum Gasteiger partial charge on any atom is -0.365 e. The third-order valence-electron chi connectivity index (χ3n) is 6.75. The zero-order valence-electron chi connectivity index (χ0n) is 20.3. The van der Waals surface area contributed by atoms with E-state index >= 15 is 0 Å². The van der Waals surface area contributed by atoms with Crippen molar-refractivity contribution in [3.05, 3.63) is 34.2 Å². The van der Waals surface area contributed by atoms with E-state index in [2.05, 4.69) is 11.9 Å². The van der Waals surface area contributed by atoms with Crippen LogP contribution in [-0.4, -0.2) is 66.7 Å². The molecular weight excluding hydrogens is 440 g/mol. The van der Waals surface area contributed by atoms with Crippen LogP contribution >= 0.6 is 11.8 Å². The van der Waals surface area contributed by atoms with Crippen LogP contribution in [0.1, 0.15) is 57.6 Å². The van der Waals surface area contributed by atoms with Crippen molar-refractivity contribution in [2.45, 2.75) is 69.9 Å². The zero-order valence-corrected chi connectivity index (χ0v) is 21.2. The second-order valence-corrected chi connectivity index (χ2v) is 10.7. The molecule has 7 nitrogen and oxygen atoms in total. The van der Waals surface area contributed by atoms with E-state index in [0.29, 0.717) is 12.1 Å². The number of rotatable bonds is 11. The Morgan fingerprint density at radius 1 is 1.09 bits per heavy atom. The lowest BCUT2D eigenvalue weighted by atomic mass is 9.79. The molecule has 0 spiro atoms. The summed E-state index contributed by atoms with van der Waals surface area (Å²) in [6.07, 6.45) is 11.9. The van der Waals surface area contributed by atoms with Crippen LogP contribution < -0.4 is 5.43 Å². The lowest BCUT2D eigenvalue weighted by molar-refractivity contribution is -0.229. The summed E-state index contributed by atoms with van der Waals surface area (Å²) in [6.45, 7) is 2.61. The summed E-state index contributed by atoms with van der Waals surface area (Å²) in [7, 11) is 3.11. The van der Waals surface area contributed by atoms with E-state index in [4.69, 9.17) is 14.2 Å². The van der Waals surface area contributed by atoms with Gasteiger partial charge in [0, 0.05) is 50.4 Å². The molecule has 8 heteroatoms. The van der Waals surface area contributed by atoms with Gasteiger partial charge in [-0.2, -0.15) is 11.8 Å². The number of pyridine rings is 1. The molecule has 0 radical (unpaired) electrons. The van der Waals surface area contributed by atoms with E-state index in [0.717, 1.165) is 23.3 Å².